The highest BCUT2D eigenvalue weighted by molar-refractivity contribution is 5.85. The molecule has 11 nitrogen and oxygen atoms in total. The number of aliphatic hydroxyl groups excluding tert-OH is 3. The molecule has 5 aromatic rings. The molecule has 0 saturated carbocycles. The van der Waals surface area contributed by atoms with Gasteiger partial charge in [-0.3, -0.25) is 14.4 Å². The second-order valence-electron chi connectivity index (χ2n) is 33.6. The molecule has 5 aromatic carbocycles. The quantitative estimate of drug-likeness (QED) is 0.0278. The molecule has 6 rings (SSSR count). The summed E-state index contributed by atoms with van der Waals surface area (Å²) in [7, 11) is 3.45. The van der Waals surface area contributed by atoms with Crippen LogP contribution in [0.15, 0.2) is 84.0 Å². The van der Waals surface area contributed by atoms with Crippen molar-refractivity contribution in [2.75, 3.05) is 34.0 Å². The van der Waals surface area contributed by atoms with Gasteiger partial charge in [-0.1, -0.05) is 230 Å². The van der Waals surface area contributed by atoms with Crippen molar-refractivity contribution in [3.05, 3.63) is 173 Å². The Bertz CT molecular complexity index is 3700. The predicted octanol–water partition coefficient (Wildman–Crippen LogP) is 18.4. The van der Waals surface area contributed by atoms with E-state index in [4.69, 9.17) is 23.7 Å². The minimum Gasteiger partial charge on any atom is -0.496 e. The third kappa shape index (κ3) is 20.0. The van der Waals surface area contributed by atoms with Gasteiger partial charge in [-0.2, -0.15) is 0 Å². The number of unbranched alkanes of at least 4 members (excludes halogenated alkanes) is 2. The maximum atomic E-state index is 13.7. The zero-order chi connectivity index (χ0) is 73.5. The molecule has 0 amide bonds. The highest BCUT2D eigenvalue weighted by Gasteiger charge is 2.54. The highest BCUT2D eigenvalue weighted by atomic mass is 16.5. The van der Waals surface area contributed by atoms with Gasteiger partial charge in [0.25, 0.3) is 0 Å². The van der Waals surface area contributed by atoms with Crippen LogP contribution in [0.1, 0.15) is 287 Å². The smallest absolute Gasteiger partial charge is 0.198 e. The van der Waals surface area contributed by atoms with Crippen molar-refractivity contribution in [2.45, 2.75) is 281 Å². The number of Topliss-reactive ketones (excluding diaryl/α,β-unsaturated/α-hetero) is 3. The molecule has 3 N–H and O–H groups in total. The summed E-state index contributed by atoms with van der Waals surface area (Å²) in [5.74, 6) is 1.94. The van der Waals surface area contributed by atoms with Crippen LogP contribution in [-0.4, -0.2) is 85.0 Å². The van der Waals surface area contributed by atoms with E-state index in [0.29, 0.717) is 55.3 Å². The first-order chi connectivity index (χ1) is 45.4. The Morgan fingerprint density at radius 3 is 1.11 bits per heavy atom. The number of ether oxygens (including phenoxy) is 5. The van der Waals surface area contributed by atoms with Crippen molar-refractivity contribution in [2.24, 2.45) is 11.8 Å². The summed E-state index contributed by atoms with van der Waals surface area (Å²) < 4.78 is 33.8. The van der Waals surface area contributed by atoms with Crippen molar-refractivity contribution in [1.29, 1.82) is 0 Å². The van der Waals surface area contributed by atoms with E-state index < -0.39 is 35.5 Å². The molecule has 5 atom stereocenters. The number of methoxy groups -OCH3 is 2. The fourth-order valence-electron chi connectivity index (χ4n) is 13.1. The van der Waals surface area contributed by atoms with E-state index in [0.717, 1.165) is 121 Å². The largest absolute Gasteiger partial charge is 0.496 e. The number of hydrogen-bond donors (Lipinski definition) is 3. The minimum absolute atomic E-state index is 0.192. The topological polar surface area (TPSA) is 158 Å². The molecule has 98 heavy (non-hydrogen) atoms. The van der Waals surface area contributed by atoms with Gasteiger partial charge < -0.3 is 39.0 Å². The van der Waals surface area contributed by atoms with Gasteiger partial charge in [0.1, 0.15) is 66.7 Å². The molecule has 5 unspecified atom stereocenters. The Labute approximate surface area is 591 Å². The Hall–Kier alpha value is -6.37. The Kier molecular flexibility index (Phi) is 26.7. The van der Waals surface area contributed by atoms with Gasteiger partial charge in [0.05, 0.1) is 14.2 Å². The lowest BCUT2D eigenvalue weighted by atomic mass is 9.79. The van der Waals surface area contributed by atoms with E-state index in [2.05, 4.69) is 218 Å². The standard InChI is InChI=1S/C87H124O11/c1-27-30-31-32-87(98-51-76(93)56(9)90)73-48-72(86(22,23)24)39-59(77(73)87)35-60-40-68(82(10,11)12)41-61(78(60)94-25)36-66-46-71(85(19,20)21)47-67(81(66)97-50-75(92)55(8)89)38-63-43-69(83(13,14)15)42-62(79(63)95-26)37-65-45-70(84(16,17)18)44-64(80(65)96-49-74(91)54(7)88)34-58(53(6)28-2)33-57(29-3)52(4)5/h29,33,39-48,52-56,88-90H,27-28,30-32,34-38,49-51H2,1-26H3/b57-29+,58-33-. The fourth-order valence-corrected chi connectivity index (χ4v) is 13.1. The molecule has 0 heterocycles. The maximum absolute atomic E-state index is 13.7. The van der Waals surface area contributed by atoms with E-state index in [9.17, 15) is 29.7 Å². The monoisotopic (exact) mass is 1340 g/mol. The van der Waals surface area contributed by atoms with Crippen LogP contribution in [-0.2, 0) is 83.9 Å². The Morgan fingerprint density at radius 1 is 0.459 bits per heavy atom. The second-order valence-corrected chi connectivity index (χ2v) is 33.6. The van der Waals surface area contributed by atoms with Crippen molar-refractivity contribution in [3.8, 4) is 23.0 Å². The molecule has 1 aliphatic carbocycles. The summed E-state index contributed by atoms with van der Waals surface area (Å²) >= 11 is 0. The highest BCUT2D eigenvalue weighted by Crippen LogP contribution is 2.58. The van der Waals surface area contributed by atoms with Crippen LogP contribution in [0.2, 0.25) is 0 Å². The molecule has 0 fully saturated rings. The molecule has 11 heteroatoms. The summed E-state index contributed by atoms with van der Waals surface area (Å²) in [5.41, 5.74) is 16.5. The summed E-state index contributed by atoms with van der Waals surface area (Å²) in [6.45, 7) is 50.0. The van der Waals surface area contributed by atoms with Gasteiger partial charge in [0, 0.05) is 25.7 Å². The molecule has 0 spiro atoms. The third-order valence-corrected chi connectivity index (χ3v) is 19.9. The molecule has 0 saturated heterocycles. The van der Waals surface area contributed by atoms with Crippen LogP contribution in [0.5, 0.6) is 23.0 Å². The van der Waals surface area contributed by atoms with Crippen LogP contribution >= 0.6 is 0 Å². The van der Waals surface area contributed by atoms with Gasteiger partial charge in [0.2, 0.25) is 0 Å². The molecule has 0 bridgehead atoms. The van der Waals surface area contributed by atoms with Crippen LogP contribution in [0.4, 0.5) is 0 Å². The SMILES string of the molecule is C/C=C(\C=C(\Cc1cc(C(C)(C)C)cc(Cc2cc(C(C)(C)C)cc(Cc3cc(C(C)(C)C)cc(Cc4cc(C(C)(C)C)cc(Cc5cc(C(C)(C)C)cc6c5C6(CCCCC)OCC(=O)C(C)O)c4OC)c3OCC(=O)C(C)O)c2OC)c1OCC(=O)C(C)O)C(C)CC)C(C)C. The molecule has 0 radical (unpaired) electrons. The van der Waals surface area contributed by atoms with E-state index >= 15 is 0 Å². The van der Waals surface area contributed by atoms with Gasteiger partial charge in [-0.05, 0) is 187 Å². The first-order valence-corrected chi connectivity index (χ1v) is 36.2. The van der Waals surface area contributed by atoms with E-state index in [1.165, 1.54) is 37.5 Å². The van der Waals surface area contributed by atoms with E-state index in [1.54, 1.807) is 14.2 Å². The number of benzene rings is 5. The predicted molar refractivity (Wildman–Crippen MR) is 402 cm³/mol. The van der Waals surface area contributed by atoms with Crippen LogP contribution in [0, 0.1) is 11.8 Å². The van der Waals surface area contributed by atoms with Gasteiger partial charge in [-0.15, -0.1) is 0 Å². The van der Waals surface area contributed by atoms with E-state index in [1.807, 2.05) is 0 Å². The number of carbonyl (C=O) groups is 3. The van der Waals surface area contributed by atoms with Gasteiger partial charge in [-0.25, -0.2) is 0 Å². The van der Waals surface area contributed by atoms with Crippen LogP contribution in [0.25, 0.3) is 0 Å². The van der Waals surface area contributed by atoms with E-state index in [-0.39, 0.29) is 58.6 Å². The van der Waals surface area contributed by atoms with Crippen molar-refractivity contribution < 1.29 is 53.4 Å². The zero-order valence-corrected chi connectivity index (χ0v) is 65.1. The second kappa shape index (κ2) is 32.5. The third-order valence-electron chi connectivity index (χ3n) is 19.9. The fraction of sp³-hybridized carbons (Fsp3) is 0.575. The zero-order valence-electron chi connectivity index (χ0n) is 65.1. The summed E-state index contributed by atoms with van der Waals surface area (Å²) in [5, 5.41) is 31.6. The number of carbonyl (C=O) groups excluding carboxylic acids is 3. The summed E-state index contributed by atoms with van der Waals surface area (Å²) in [4.78, 5) is 40.3. The summed E-state index contributed by atoms with van der Waals surface area (Å²) in [6, 6.07) is 22.5. The summed E-state index contributed by atoms with van der Waals surface area (Å²) in [6.07, 6.45) is 7.76. The molecule has 1 aliphatic rings. The van der Waals surface area contributed by atoms with Gasteiger partial charge >= 0.3 is 0 Å². The molecular weight excluding hydrogens is 1220 g/mol. The molecule has 0 aromatic heterocycles. The maximum Gasteiger partial charge on any atom is 0.198 e. The normalized spacial score (nSPS) is 16.0. The number of rotatable bonds is 32. The molecular formula is C87H124O11. The van der Waals surface area contributed by atoms with Crippen LogP contribution < -0.4 is 18.9 Å². The van der Waals surface area contributed by atoms with Crippen molar-refractivity contribution in [1.82, 2.24) is 0 Å². The lowest BCUT2D eigenvalue weighted by molar-refractivity contribution is -0.135. The Morgan fingerprint density at radius 2 is 0.786 bits per heavy atom. The van der Waals surface area contributed by atoms with Crippen molar-refractivity contribution >= 4 is 17.3 Å². The number of hydrogen-bond acceptors (Lipinski definition) is 11. The number of allylic oxidation sites excluding steroid dienone is 4. The van der Waals surface area contributed by atoms with Gasteiger partial charge in [0.15, 0.2) is 17.3 Å². The Balaban J connectivity index is 1.64. The number of ketones is 3. The lowest BCUT2D eigenvalue weighted by Gasteiger charge is -2.28. The number of fused-ring (bicyclic) bond motifs is 1. The average Bonchev–Trinajstić information content (AvgIpc) is 1.53. The first-order valence-electron chi connectivity index (χ1n) is 36.2. The average molecular weight is 1350 g/mol. The molecule has 538 valence electrons. The number of aliphatic hydroxyl groups is 3. The molecule has 0 aliphatic heterocycles. The lowest BCUT2D eigenvalue weighted by Crippen LogP contribution is -2.26. The first kappa shape index (κ1) is 80.6. The minimum atomic E-state index is -1.26. The van der Waals surface area contributed by atoms with Crippen molar-refractivity contribution in [3.63, 3.8) is 0 Å². The van der Waals surface area contributed by atoms with Crippen LogP contribution in [0.3, 0.4) is 0 Å².